The number of amides is 1. The highest BCUT2D eigenvalue weighted by Gasteiger charge is 2.07. The number of ether oxygens (including phenoxy) is 1. The van der Waals surface area contributed by atoms with Crippen LogP contribution >= 0.6 is 0 Å². The fraction of sp³-hybridized carbons (Fsp3) is 0.167. The number of aromatic amines is 1. The van der Waals surface area contributed by atoms with Gasteiger partial charge in [-0.15, -0.1) is 0 Å². The molecule has 19 heavy (non-hydrogen) atoms. The molecule has 2 N–H and O–H groups in total. The Labute approximate surface area is 107 Å². The maximum absolute atomic E-state index is 11.9. The smallest absolute Gasteiger partial charge is 0.387 e. The van der Waals surface area contributed by atoms with Gasteiger partial charge in [-0.3, -0.25) is 9.89 Å². The molecule has 0 aliphatic rings. The number of nitrogens with zero attached hydrogens (tertiary/aromatic N) is 1. The van der Waals surface area contributed by atoms with Crippen molar-refractivity contribution in [3.05, 3.63) is 42.1 Å². The molecule has 1 aromatic carbocycles. The number of alkyl halides is 2. The Morgan fingerprint density at radius 2 is 2.05 bits per heavy atom. The van der Waals surface area contributed by atoms with Crippen LogP contribution in [0.4, 0.5) is 14.6 Å². The highest BCUT2D eigenvalue weighted by atomic mass is 19.3. The lowest BCUT2D eigenvalue weighted by molar-refractivity contribution is -0.115. The average Bonchev–Trinajstić information content (AvgIpc) is 2.83. The van der Waals surface area contributed by atoms with Gasteiger partial charge >= 0.3 is 6.61 Å². The van der Waals surface area contributed by atoms with Crippen LogP contribution in [0.2, 0.25) is 0 Å². The van der Waals surface area contributed by atoms with E-state index in [9.17, 15) is 13.6 Å². The first kappa shape index (κ1) is 13.0. The van der Waals surface area contributed by atoms with E-state index in [0.29, 0.717) is 11.4 Å². The average molecular weight is 267 g/mol. The van der Waals surface area contributed by atoms with E-state index in [4.69, 9.17) is 0 Å². The summed E-state index contributed by atoms with van der Waals surface area (Å²) in [6.45, 7) is -2.85. The molecule has 0 bridgehead atoms. The second-order valence-corrected chi connectivity index (χ2v) is 3.72. The van der Waals surface area contributed by atoms with E-state index in [1.54, 1.807) is 18.2 Å². The van der Waals surface area contributed by atoms with Crippen molar-refractivity contribution < 1.29 is 18.3 Å². The van der Waals surface area contributed by atoms with Crippen LogP contribution in [0, 0.1) is 0 Å². The Morgan fingerprint density at radius 3 is 2.63 bits per heavy atom. The maximum atomic E-state index is 11.9. The molecule has 100 valence electrons. The van der Waals surface area contributed by atoms with Crippen molar-refractivity contribution in [3.63, 3.8) is 0 Å². The fourth-order valence-electron chi connectivity index (χ4n) is 1.49. The van der Waals surface area contributed by atoms with Crippen LogP contribution in [-0.4, -0.2) is 22.7 Å². The summed E-state index contributed by atoms with van der Waals surface area (Å²) in [5, 5.41) is 8.90. The Kier molecular flexibility index (Phi) is 4.07. The third kappa shape index (κ3) is 4.06. The summed E-state index contributed by atoms with van der Waals surface area (Å²) in [4.78, 5) is 11.6. The van der Waals surface area contributed by atoms with Crippen molar-refractivity contribution in [1.82, 2.24) is 10.2 Å². The van der Waals surface area contributed by atoms with Gasteiger partial charge in [0.25, 0.3) is 0 Å². The second kappa shape index (κ2) is 5.94. The predicted molar refractivity (Wildman–Crippen MR) is 64.0 cm³/mol. The minimum atomic E-state index is -2.85. The first-order valence-electron chi connectivity index (χ1n) is 5.46. The quantitative estimate of drug-likeness (QED) is 0.872. The SMILES string of the molecule is O=C(Cc1ccc(OC(F)F)cc1)Nc1ccn[nH]1. The van der Waals surface area contributed by atoms with Gasteiger partial charge in [0, 0.05) is 6.07 Å². The molecule has 2 aromatic rings. The predicted octanol–water partition coefficient (Wildman–Crippen LogP) is 2.19. The minimum Gasteiger partial charge on any atom is -0.435 e. The molecule has 0 radical (unpaired) electrons. The van der Waals surface area contributed by atoms with Crippen molar-refractivity contribution in [2.45, 2.75) is 13.0 Å². The van der Waals surface area contributed by atoms with E-state index in [0.717, 1.165) is 0 Å². The molecule has 0 unspecified atom stereocenters. The minimum absolute atomic E-state index is 0.0627. The molecule has 7 heteroatoms. The van der Waals surface area contributed by atoms with Gasteiger partial charge in [0.2, 0.25) is 5.91 Å². The lowest BCUT2D eigenvalue weighted by atomic mass is 10.1. The monoisotopic (exact) mass is 267 g/mol. The Bertz CT molecular complexity index is 526. The summed E-state index contributed by atoms with van der Waals surface area (Å²) in [5.74, 6) is 0.335. The highest BCUT2D eigenvalue weighted by molar-refractivity contribution is 5.91. The molecule has 2 rings (SSSR count). The van der Waals surface area contributed by atoms with E-state index >= 15 is 0 Å². The Morgan fingerprint density at radius 1 is 1.32 bits per heavy atom. The number of rotatable bonds is 5. The number of nitrogens with one attached hydrogen (secondary N) is 2. The lowest BCUT2D eigenvalue weighted by Gasteiger charge is -2.06. The molecule has 0 fully saturated rings. The zero-order chi connectivity index (χ0) is 13.7. The van der Waals surface area contributed by atoms with Crippen LogP contribution < -0.4 is 10.1 Å². The van der Waals surface area contributed by atoms with Crippen molar-refractivity contribution in [2.24, 2.45) is 0 Å². The number of hydrogen-bond donors (Lipinski definition) is 2. The number of carbonyl (C=O) groups excluding carboxylic acids is 1. The molecule has 5 nitrogen and oxygen atoms in total. The molecule has 0 aliphatic carbocycles. The molecule has 0 spiro atoms. The number of anilines is 1. The Balaban J connectivity index is 1.90. The van der Waals surface area contributed by atoms with E-state index in [1.807, 2.05) is 0 Å². The normalized spacial score (nSPS) is 10.5. The van der Waals surface area contributed by atoms with Crippen LogP contribution in [0.5, 0.6) is 5.75 Å². The van der Waals surface area contributed by atoms with Gasteiger partial charge in [0.15, 0.2) is 0 Å². The van der Waals surface area contributed by atoms with Gasteiger partial charge in [0.05, 0.1) is 12.6 Å². The van der Waals surface area contributed by atoms with E-state index in [-0.39, 0.29) is 18.1 Å². The summed E-state index contributed by atoms with van der Waals surface area (Å²) in [7, 11) is 0. The van der Waals surface area contributed by atoms with Crippen LogP contribution in [0.15, 0.2) is 36.5 Å². The largest absolute Gasteiger partial charge is 0.435 e. The number of benzene rings is 1. The molecule has 1 amide bonds. The molecule has 1 heterocycles. The molecular weight excluding hydrogens is 256 g/mol. The molecule has 1 aromatic heterocycles. The van der Waals surface area contributed by atoms with Gasteiger partial charge in [0.1, 0.15) is 11.6 Å². The lowest BCUT2D eigenvalue weighted by Crippen LogP contribution is -2.14. The van der Waals surface area contributed by atoms with Gasteiger partial charge < -0.3 is 10.1 Å². The van der Waals surface area contributed by atoms with Crippen molar-refractivity contribution >= 4 is 11.7 Å². The summed E-state index contributed by atoms with van der Waals surface area (Å²) >= 11 is 0. The van der Waals surface area contributed by atoms with Gasteiger partial charge in [-0.05, 0) is 17.7 Å². The van der Waals surface area contributed by atoms with Crippen LogP contribution in [0.25, 0.3) is 0 Å². The second-order valence-electron chi connectivity index (χ2n) is 3.72. The third-order valence-electron chi connectivity index (χ3n) is 2.29. The molecule has 0 saturated heterocycles. The molecular formula is C12H11F2N3O2. The standard InChI is InChI=1S/C12H11F2N3O2/c13-12(14)19-9-3-1-8(2-4-9)7-11(18)16-10-5-6-15-17-10/h1-6,12H,7H2,(H2,15,16,17,18). The highest BCUT2D eigenvalue weighted by Crippen LogP contribution is 2.15. The van der Waals surface area contributed by atoms with Crippen LogP contribution in [0.1, 0.15) is 5.56 Å². The number of H-pyrrole nitrogens is 1. The number of halogens is 2. The van der Waals surface area contributed by atoms with Crippen molar-refractivity contribution in [2.75, 3.05) is 5.32 Å². The zero-order valence-electron chi connectivity index (χ0n) is 9.77. The number of hydrogen-bond acceptors (Lipinski definition) is 3. The van der Waals surface area contributed by atoms with E-state index in [2.05, 4.69) is 20.3 Å². The summed E-state index contributed by atoms with van der Waals surface area (Å²) < 4.78 is 28.1. The fourth-order valence-corrected chi connectivity index (χ4v) is 1.49. The maximum Gasteiger partial charge on any atom is 0.387 e. The van der Waals surface area contributed by atoms with Crippen molar-refractivity contribution in [1.29, 1.82) is 0 Å². The van der Waals surface area contributed by atoms with Gasteiger partial charge in [-0.25, -0.2) is 0 Å². The number of carbonyl (C=O) groups is 1. The van der Waals surface area contributed by atoms with Crippen molar-refractivity contribution in [3.8, 4) is 5.75 Å². The van der Waals surface area contributed by atoms with E-state index < -0.39 is 6.61 Å². The topological polar surface area (TPSA) is 67.0 Å². The molecule has 0 atom stereocenters. The van der Waals surface area contributed by atoms with Crippen LogP contribution in [-0.2, 0) is 11.2 Å². The first-order valence-corrected chi connectivity index (χ1v) is 5.46. The summed E-state index contributed by atoms with van der Waals surface area (Å²) in [6.07, 6.45) is 1.65. The first-order chi connectivity index (χ1) is 9.13. The Hall–Kier alpha value is -2.44. The zero-order valence-corrected chi connectivity index (χ0v) is 9.77. The van der Waals surface area contributed by atoms with Crippen LogP contribution in [0.3, 0.4) is 0 Å². The molecule has 0 aliphatic heterocycles. The van der Waals surface area contributed by atoms with Gasteiger partial charge in [-0.1, -0.05) is 12.1 Å². The summed E-state index contributed by atoms with van der Waals surface area (Å²) in [6, 6.07) is 7.53. The summed E-state index contributed by atoms with van der Waals surface area (Å²) in [5.41, 5.74) is 0.693. The number of aromatic nitrogens is 2. The third-order valence-corrected chi connectivity index (χ3v) is 2.29. The van der Waals surface area contributed by atoms with E-state index in [1.165, 1.54) is 18.3 Å². The molecule has 0 saturated carbocycles. The van der Waals surface area contributed by atoms with Gasteiger partial charge in [-0.2, -0.15) is 13.9 Å².